The highest BCUT2D eigenvalue weighted by Crippen LogP contribution is 2.24. The lowest BCUT2D eigenvalue weighted by atomic mass is 10.2. The van der Waals surface area contributed by atoms with Crippen molar-refractivity contribution in [3.05, 3.63) is 29.8 Å². The molecule has 0 aliphatic carbocycles. The number of halogens is 3. The first-order valence-electron chi connectivity index (χ1n) is 4.16. The minimum absolute atomic E-state index is 0.0258. The smallest absolute Gasteiger partial charge is 0.326 e. The lowest BCUT2D eigenvalue weighted by molar-refractivity contribution is 0.235. The van der Waals surface area contributed by atoms with Crippen LogP contribution in [0.25, 0.3) is 0 Å². The molecule has 0 aliphatic rings. The van der Waals surface area contributed by atoms with Crippen LogP contribution in [0.2, 0.25) is 0 Å². The quantitative estimate of drug-likeness (QED) is 0.847. The molecular weight excluding hydrogens is 262 g/mol. The number of nitrogens with zero attached hydrogens (tertiary/aromatic N) is 1. The second-order valence-corrected chi connectivity index (χ2v) is 5.18. The van der Waals surface area contributed by atoms with Crippen molar-refractivity contribution in [3.63, 3.8) is 0 Å². The summed E-state index contributed by atoms with van der Waals surface area (Å²) in [6, 6.07) is 5.61. The molecule has 1 aromatic carbocycles. The Morgan fingerprint density at radius 2 is 1.81 bits per heavy atom. The highest BCUT2D eigenvalue weighted by molar-refractivity contribution is 7.94. The molecule has 8 heteroatoms. The topological polar surface area (TPSA) is 63.4 Å². The van der Waals surface area contributed by atoms with Crippen molar-refractivity contribution in [3.8, 4) is 0 Å². The van der Waals surface area contributed by atoms with Gasteiger partial charge in [-0.3, -0.25) is 0 Å². The monoisotopic (exact) mass is 270 g/mol. The summed E-state index contributed by atoms with van der Waals surface area (Å²) >= 11 is 5.32. The highest BCUT2D eigenvalue weighted by Gasteiger charge is 2.31. The molecule has 16 heavy (non-hydrogen) atoms. The molecule has 1 rings (SSSR count). The fraction of sp³-hybridized carbons (Fsp3) is 0.250. The second-order valence-electron chi connectivity index (χ2n) is 2.89. The largest absolute Gasteiger partial charge is 0.356 e. The average Bonchev–Trinajstić information content (AvgIpc) is 2.28. The van der Waals surface area contributed by atoms with Crippen LogP contribution in [0.3, 0.4) is 0 Å². The van der Waals surface area contributed by atoms with E-state index in [4.69, 9.17) is 17.5 Å². The highest BCUT2D eigenvalue weighted by atomic mass is 35.5. The Morgan fingerprint density at radius 1 is 1.31 bits per heavy atom. The van der Waals surface area contributed by atoms with Gasteiger partial charge in [-0.1, -0.05) is 12.1 Å². The van der Waals surface area contributed by atoms with E-state index < -0.39 is 15.8 Å². The van der Waals surface area contributed by atoms with Crippen LogP contribution in [0.1, 0.15) is 5.56 Å². The summed E-state index contributed by atoms with van der Waals surface area (Å²) in [4.78, 5) is 0. The van der Waals surface area contributed by atoms with E-state index in [-0.39, 0.29) is 16.1 Å². The fourth-order valence-corrected chi connectivity index (χ4v) is 1.81. The van der Waals surface area contributed by atoms with Crippen LogP contribution in [0.4, 0.5) is 14.5 Å². The summed E-state index contributed by atoms with van der Waals surface area (Å²) in [6.45, 7) is 0.268. The van der Waals surface area contributed by atoms with Crippen LogP contribution < -0.4 is 9.56 Å². The average molecular weight is 271 g/mol. The predicted molar refractivity (Wildman–Crippen MR) is 57.6 cm³/mol. The summed E-state index contributed by atoms with van der Waals surface area (Å²) in [6.07, 6.45) is 0. The van der Waals surface area contributed by atoms with Gasteiger partial charge in [0.1, 0.15) is 0 Å². The Bertz CT molecular complexity index is 450. The maximum atomic E-state index is 12.2. The molecule has 0 aromatic heterocycles. The van der Waals surface area contributed by atoms with Crippen molar-refractivity contribution in [2.45, 2.75) is 12.3 Å². The van der Waals surface area contributed by atoms with E-state index in [0.717, 1.165) is 5.56 Å². The number of hydrogen-bond donors (Lipinski definition) is 1. The molecule has 1 aromatic rings. The molecule has 2 N–H and O–H groups in total. The normalized spacial score (nSPS) is 11.8. The van der Waals surface area contributed by atoms with Gasteiger partial charge in [-0.05, 0) is 17.7 Å². The first-order chi connectivity index (χ1) is 7.39. The molecule has 0 amide bonds. The van der Waals surface area contributed by atoms with Crippen molar-refractivity contribution in [2.24, 2.45) is 5.73 Å². The number of nitrogens with two attached hydrogens (primary N) is 1. The third-order valence-electron chi connectivity index (χ3n) is 1.82. The fourth-order valence-electron chi connectivity index (χ4n) is 0.966. The van der Waals surface area contributed by atoms with Crippen molar-refractivity contribution in [1.82, 2.24) is 0 Å². The Hall–Kier alpha value is -0.920. The van der Waals surface area contributed by atoms with E-state index >= 15 is 0 Å². The maximum absolute atomic E-state index is 12.2. The third kappa shape index (κ3) is 2.60. The van der Waals surface area contributed by atoms with Gasteiger partial charge in [0.15, 0.2) is 0 Å². The van der Waals surface area contributed by atoms with Crippen LogP contribution >= 0.6 is 11.8 Å². The molecule has 0 bridgehead atoms. The van der Waals surface area contributed by atoms with Crippen molar-refractivity contribution < 1.29 is 17.2 Å². The Labute approximate surface area is 96.8 Å². The summed E-state index contributed by atoms with van der Waals surface area (Å²) in [7, 11) is -4.82. The lowest BCUT2D eigenvalue weighted by Crippen LogP contribution is -2.27. The number of alkyl halides is 2. The first-order valence-corrected chi connectivity index (χ1v) is 6.01. The minimum Gasteiger partial charge on any atom is -0.326 e. The Kier molecular flexibility index (Phi) is 4.06. The molecule has 0 radical (unpaired) electrons. The van der Waals surface area contributed by atoms with Gasteiger partial charge in [-0.25, -0.2) is 0 Å². The van der Waals surface area contributed by atoms with Crippen molar-refractivity contribution in [1.29, 1.82) is 0 Å². The molecule has 90 valence electrons. The zero-order chi connectivity index (χ0) is 12.3. The molecule has 0 saturated carbocycles. The second kappa shape index (κ2) is 4.94. The molecule has 0 atom stereocenters. The summed E-state index contributed by atoms with van der Waals surface area (Å²) in [5, 5.41) is 0. The molecule has 0 spiro atoms. The van der Waals surface area contributed by atoms with E-state index in [9.17, 15) is 17.2 Å². The first kappa shape index (κ1) is 13.1. The van der Waals surface area contributed by atoms with E-state index in [1.807, 2.05) is 0 Å². The molecular formula is C8H9ClF2N2O2S. The van der Waals surface area contributed by atoms with Gasteiger partial charge < -0.3 is 5.73 Å². The van der Waals surface area contributed by atoms with E-state index in [1.165, 1.54) is 24.3 Å². The zero-order valence-corrected chi connectivity index (χ0v) is 9.55. The molecule has 0 unspecified atom stereocenters. The molecule has 0 aliphatic heterocycles. The van der Waals surface area contributed by atoms with Crippen LogP contribution in [0, 0.1) is 0 Å². The van der Waals surface area contributed by atoms with Crippen LogP contribution in [0.15, 0.2) is 24.3 Å². The zero-order valence-electron chi connectivity index (χ0n) is 7.98. The molecule has 0 fully saturated rings. The summed E-state index contributed by atoms with van der Waals surface area (Å²) < 4.78 is 46.4. The molecule has 0 saturated heterocycles. The van der Waals surface area contributed by atoms with E-state index in [1.54, 1.807) is 0 Å². The van der Waals surface area contributed by atoms with E-state index in [0.29, 0.717) is 0 Å². The van der Waals surface area contributed by atoms with Gasteiger partial charge >= 0.3 is 15.8 Å². The number of rotatable bonds is 4. The predicted octanol–water partition coefficient (Wildman–Crippen LogP) is 1.66. The minimum atomic E-state index is -4.82. The van der Waals surface area contributed by atoms with Gasteiger partial charge in [-0.2, -0.15) is 21.0 Å². The third-order valence-corrected chi connectivity index (χ3v) is 3.70. The molecule has 0 heterocycles. The Balaban J connectivity index is 3.01. The van der Waals surface area contributed by atoms with Crippen molar-refractivity contribution >= 4 is 27.5 Å². The summed E-state index contributed by atoms with van der Waals surface area (Å²) in [5.74, 6) is -3.56. The van der Waals surface area contributed by atoms with Crippen molar-refractivity contribution in [2.75, 3.05) is 3.82 Å². The van der Waals surface area contributed by atoms with Gasteiger partial charge in [0.05, 0.1) is 5.69 Å². The number of anilines is 1. The lowest BCUT2D eigenvalue weighted by Gasteiger charge is -2.15. The van der Waals surface area contributed by atoms with E-state index in [2.05, 4.69) is 0 Å². The number of benzene rings is 1. The number of hydrogen-bond acceptors (Lipinski definition) is 3. The number of sulfonamides is 1. The van der Waals surface area contributed by atoms with Crippen LogP contribution in [0.5, 0.6) is 0 Å². The van der Waals surface area contributed by atoms with Gasteiger partial charge in [0, 0.05) is 18.3 Å². The standard InChI is InChI=1S/C8H9ClF2N2O2S/c9-13(16(14,15)8(10)11)7-3-1-6(5-12)2-4-7/h1-4,8H,5,12H2. The van der Waals surface area contributed by atoms with Crippen LogP contribution in [-0.4, -0.2) is 14.2 Å². The molecule has 4 nitrogen and oxygen atoms in total. The SMILES string of the molecule is NCc1ccc(N(Cl)S(=O)(=O)C(F)F)cc1. The van der Waals surface area contributed by atoms with Gasteiger partial charge in [0.2, 0.25) is 0 Å². The van der Waals surface area contributed by atoms with Gasteiger partial charge in [0.25, 0.3) is 0 Å². The van der Waals surface area contributed by atoms with Crippen LogP contribution in [-0.2, 0) is 16.6 Å². The van der Waals surface area contributed by atoms with Gasteiger partial charge in [-0.15, -0.1) is 0 Å². The maximum Gasteiger partial charge on any atom is 0.356 e. The summed E-state index contributed by atoms with van der Waals surface area (Å²) in [5.41, 5.74) is 6.01. The Morgan fingerprint density at radius 3 is 2.19 bits per heavy atom.